The fourth-order valence-electron chi connectivity index (χ4n) is 3.98. The van der Waals surface area contributed by atoms with E-state index in [-0.39, 0.29) is 10.6 Å². The lowest BCUT2D eigenvalue weighted by Crippen LogP contribution is -2.40. The monoisotopic (exact) mass is 505 g/mol. The summed E-state index contributed by atoms with van der Waals surface area (Å²) in [6.07, 6.45) is 0.360. The SMILES string of the molecule is Cc1ccc(S(=O)(=O)N[C@H](C)C(=O)Oc2cc(C)cc3oc(=O)c(Cc4ccccc4)c(C)c23)cc1. The van der Waals surface area contributed by atoms with Gasteiger partial charge in [0, 0.05) is 12.0 Å². The minimum absolute atomic E-state index is 0.0527. The van der Waals surface area contributed by atoms with E-state index >= 15 is 0 Å². The van der Waals surface area contributed by atoms with Crippen LogP contribution in [0.5, 0.6) is 5.75 Å². The van der Waals surface area contributed by atoms with E-state index in [0.717, 1.165) is 16.7 Å². The van der Waals surface area contributed by atoms with Gasteiger partial charge < -0.3 is 9.15 Å². The van der Waals surface area contributed by atoms with Crippen LogP contribution in [-0.2, 0) is 21.2 Å². The van der Waals surface area contributed by atoms with E-state index in [1.807, 2.05) is 37.3 Å². The molecule has 186 valence electrons. The van der Waals surface area contributed by atoms with E-state index in [1.165, 1.54) is 19.1 Å². The molecule has 0 unspecified atom stereocenters. The number of fused-ring (bicyclic) bond motifs is 1. The van der Waals surface area contributed by atoms with Crippen molar-refractivity contribution in [2.24, 2.45) is 0 Å². The number of carbonyl (C=O) groups is 1. The number of sulfonamides is 1. The molecule has 0 bridgehead atoms. The Bertz CT molecular complexity index is 1590. The van der Waals surface area contributed by atoms with Crippen LogP contribution in [0.1, 0.15) is 34.7 Å². The number of benzene rings is 3. The molecule has 1 aromatic heterocycles. The summed E-state index contributed by atoms with van der Waals surface area (Å²) >= 11 is 0. The predicted octanol–water partition coefficient (Wildman–Crippen LogP) is 4.58. The van der Waals surface area contributed by atoms with Crippen LogP contribution < -0.4 is 15.1 Å². The van der Waals surface area contributed by atoms with Gasteiger partial charge in [0.1, 0.15) is 17.4 Å². The largest absolute Gasteiger partial charge is 0.425 e. The van der Waals surface area contributed by atoms with Crippen molar-refractivity contribution in [1.82, 2.24) is 4.72 Å². The van der Waals surface area contributed by atoms with Gasteiger partial charge in [0.05, 0.1) is 10.3 Å². The lowest BCUT2D eigenvalue weighted by molar-refractivity contribution is -0.135. The fourth-order valence-corrected chi connectivity index (χ4v) is 5.18. The molecule has 3 aromatic carbocycles. The number of nitrogens with one attached hydrogen (secondary N) is 1. The Labute approximate surface area is 209 Å². The molecule has 1 atom stereocenters. The first-order valence-corrected chi connectivity index (χ1v) is 12.9. The maximum absolute atomic E-state index is 12.9. The Morgan fingerprint density at radius 1 is 0.972 bits per heavy atom. The van der Waals surface area contributed by atoms with E-state index < -0.39 is 27.7 Å². The molecule has 0 amide bonds. The van der Waals surface area contributed by atoms with Gasteiger partial charge in [-0.1, -0.05) is 48.0 Å². The molecule has 4 aromatic rings. The molecule has 8 heteroatoms. The predicted molar refractivity (Wildman–Crippen MR) is 138 cm³/mol. The van der Waals surface area contributed by atoms with Gasteiger partial charge >= 0.3 is 11.6 Å². The van der Waals surface area contributed by atoms with Crippen molar-refractivity contribution in [2.75, 3.05) is 0 Å². The van der Waals surface area contributed by atoms with E-state index in [2.05, 4.69) is 4.72 Å². The molecule has 0 spiro atoms. The third-order valence-electron chi connectivity index (χ3n) is 5.94. The number of rotatable bonds is 7. The number of hydrogen-bond acceptors (Lipinski definition) is 6. The van der Waals surface area contributed by atoms with E-state index in [1.54, 1.807) is 38.1 Å². The Balaban J connectivity index is 1.66. The Kier molecular flexibility index (Phi) is 7.10. The molecule has 0 saturated heterocycles. The number of aryl methyl sites for hydroxylation is 3. The second-order valence-corrected chi connectivity index (χ2v) is 10.6. The summed E-state index contributed by atoms with van der Waals surface area (Å²) in [7, 11) is -3.93. The number of ether oxygens (including phenoxy) is 1. The van der Waals surface area contributed by atoms with Crippen molar-refractivity contribution in [3.05, 3.63) is 105 Å². The number of carbonyl (C=O) groups excluding carboxylic acids is 1. The number of hydrogen-bond donors (Lipinski definition) is 1. The van der Waals surface area contributed by atoms with Gasteiger partial charge in [-0.2, -0.15) is 4.72 Å². The topological polar surface area (TPSA) is 103 Å². The summed E-state index contributed by atoms with van der Waals surface area (Å²) in [5.41, 5.74) is 3.52. The van der Waals surface area contributed by atoms with Crippen molar-refractivity contribution >= 4 is 27.0 Å². The summed E-state index contributed by atoms with van der Waals surface area (Å²) < 4.78 is 39.1. The quantitative estimate of drug-likeness (QED) is 0.224. The van der Waals surface area contributed by atoms with E-state index in [4.69, 9.17) is 9.15 Å². The normalized spacial score (nSPS) is 12.4. The maximum atomic E-state index is 12.9. The van der Waals surface area contributed by atoms with Crippen LogP contribution >= 0.6 is 0 Å². The van der Waals surface area contributed by atoms with Crippen LogP contribution in [-0.4, -0.2) is 20.4 Å². The zero-order chi connectivity index (χ0) is 26.0. The Morgan fingerprint density at radius 2 is 1.64 bits per heavy atom. The zero-order valence-electron chi connectivity index (χ0n) is 20.5. The smallest absolute Gasteiger partial charge is 0.340 e. The standard InChI is InChI=1S/C28H27NO6S/c1-17-10-12-22(13-11-17)36(32,33)29-20(4)27(30)34-24-14-18(2)15-25-26(24)19(3)23(28(31)35-25)16-21-8-6-5-7-9-21/h5-15,20,29H,16H2,1-4H3/t20-/m1/s1. The van der Waals surface area contributed by atoms with Gasteiger partial charge in [0.25, 0.3) is 0 Å². The molecule has 4 rings (SSSR count). The second-order valence-electron chi connectivity index (χ2n) is 8.87. The molecule has 0 aliphatic heterocycles. The highest BCUT2D eigenvalue weighted by Gasteiger charge is 2.25. The van der Waals surface area contributed by atoms with Crippen LogP contribution in [0.2, 0.25) is 0 Å². The first-order chi connectivity index (χ1) is 17.0. The summed E-state index contributed by atoms with van der Waals surface area (Å²) in [6.45, 7) is 6.84. The Hall–Kier alpha value is -3.75. The van der Waals surface area contributed by atoms with Crippen molar-refractivity contribution in [2.45, 2.75) is 45.1 Å². The van der Waals surface area contributed by atoms with Crippen LogP contribution in [0.15, 0.2) is 80.8 Å². The van der Waals surface area contributed by atoms with Crippen LogP contribution in [0.4, 0.5) is 0 Å². The maximum Gasteiger partial charge on any atom is 0.340 e. The zero-order valence-corrected chi connectivity index (χ0v) is 21.3. The average Bonchev–Trinajstić information content (AvgIpc) is 2.82. The first-order valence-electron chi connectivity index (χ1n) is 11.5. The van der Waals surface area contributed by atoms with Crippen molar-refractivity contribution in [1.29, 1.82) is 0 Å². The highest BCUT2D eigenvalue weighted by molar-refractivity contribution is 7.89. The highest BCUT2D eigenvalue weighted by Crippen LogP contribution is 2.32. The van der Waals surface area contributed by atoms with Gasteiger partial charge in [-0.15, -0.1) is 0 Å². The van der Waals surface area contributed by atoms with E-state index in [9.17, 15) is 18.0 Å². The van der Waals surface area contributed by atoms with Gasteiger partial charge in [0.15, 0.2) is 0 Å². The lowest BCUT2D eigenvalue weighted by Gasteiger charge is -2.16. The molecule has 36 heavy (non-hydrogen) atoms. The molecular weight excluding hydrogens is 478 g/mol. The van der Waals surface area contributed by atoms with Gasteiger partial charge in [-0.3, -0.25) is 0 Å². The van der Waals surface area contributed by atoms with Gasteiger partial charge in [-0.05, 0) is 68.7 Å². The third kappa shape index (κ3) is 5.40. The molecule has 0 aliphatic rings. The van der Waals surface area contributed by atoms with E-state index in [0.29, 0.717) is 28.5 Å². The molecule has 7 nitrogen and oxygen atoms in total. The van der Waals surface area contributed by atoms with Gasteiger partial charge in [-0.25, -0.2) is 18.0 Å². The second kappa shape index (κ2) is 10.1. The molecule has 0 radical (unpaired) electrons. The highest BCUT2D eigenvalue weighted by atomic mass is 32.2. The van der Waals surface area contributed by atoms with Crippen molar-refractivity contribution in [3.8, 4) is 5.75 Å². The average molecular weight is 506 g/mol. The fraction of sp³-hybridized carbons (Fsp3) is 0.214. The van der Waals surface area contributed by atoms with Crippen LogP contribution in [0.3, 0.4) is 0 Å². The molecular formula is C28H27NO6S. The minimum Gasteiger partial charge on any atom is -0.425 e. The molecule has 0 fully saturated rings. The van der Waals surface area contributed by atoms with Crippen molar-refractivity contribution < 1.29 is 22.4 Å². The molecule has 1 heterocycles. The molecule has 0 aliphatic carbocycles. The third-order valence-corrected chi connectivity index (χ3v) is 7.49. The number of esters is 1. The molecule has 0 saturated carbocycles. The minimum atomic E-state index is -3.93. The molecule has 1 N–H and O–H groups in total. The first kappa shape index (κ1) is 25.3. The summed E-state index contributed by atoms with van der Waals surface area (Å²) in [5, 5.41) is 0.494. The van der Waals surface area contributed by atoms with Crippen LogP contribution in [0.25, 0.3) is 11.0 Å². The summed E-state index contributed by atoms with van der Waals surface area (Å²) in [5.74, 6) is -0.584. The van der Waals surface area contributed by atoms with Gasteiger partial charge in [0.2, 0.25) is 10.0 Å². The van der Waals surface area contributed by atoms with Crippen LogP contribution in [0, 0.1) is 20.8 Å². The summed E-state index contributed by atoms with van der Waals surface area (Å²) in [6, 6.07) is 18.0. The summed E-state index contributed by atoms with van der Waals surface area (Å²) in [4.78, 5) is 25.8. The Morgan fingerprint density at radius 3 is 2.31 bits per heavy atom. The van der Waals surface area contributed by atoms with Crippen molar-refractivity contribution in [3.63, 3.8) is 0 Å². The lowest BCUT2D eigenvalue weighted by atomic mass is 9.98.